The van der Waals surface area contributed by atoms with Crippen molar-refractivity contribution in [1.29, 1.82) is 0 Å². The van der Waals surface area contributed by atoms with E-state index in [1.165, 1.54) is 18.2 Å². The molecular formula is C34H38F4O4. The first kappa shape index (κ1) is 32.9. The van der Waals surface area contributed by atoms with E-state index in [9.17, 15) is 18.7 Å². The quantitative estimate of drug-likeness (QED) is 0.0485. The molecule has 1 N–H and O–H groups in total. The van der Waals surface area contributed by atoms with Crippen molar-refractivity contribution in [2.24, 2.45) is 5.92 Å². The third kappa shape index (κ3) is 8.00. The topological polar surface area (TPSA) is 55.8 Å². The van der Waals surface area contributed by atoms with Gasteiger partial charge in [-0.2, -0.15) is 8.78 Å². The summed E-state index contributed by atoms with van der Waals surface area (Å²) >= 11 is 0. The zero-order valence-corrected chi connectivity index (χ0v) is 24.1. The van der Waals surface area contributed by atoms with Crippen molar-refractivity contribution in [3.8, 4) is 11.5 Å². The first-order valence-electron chi connectivity index (χ1n) is 14.3. The number of benzene rings is 2. The second-order valence-corrected chi connectivity index (χ2v) is 10.4. The molecule has 1 atom stereocenters. The molecule has 1 aliphatic carbocycles. The number of aliphatic hydroxyl groups is 1. The molecule has 2 aromatic rings. The molecule has 0 amide bonds. The minimum atomic E-state index is -1.39. The molecule has 8 heteroatoms. The molecule has 4 nitrogen and oxygen atoms in total. The van der Waals surface area contributed by atoms with E-state index < -0.39 is 35.0 Å². The minimum absolute atomic E-state index is 0.00313. The van der Waals surface area contributed by atoms with Gasteiger partial charge in [-0.3, -0.25) is 0 Å². The molecule has 3 rings (SSSR count). The van der Waals surface area contributed by atoms with Crippen molar-refractivity contribution >= 4 is 11.5 Å². The Morgan fingerprint density at radius 2 is 1.67 bits per heavy atom. The van der Waals surface area contributed by atoms with Gasteiger partial charge in [0.25, 0.3) is 0 Å². The number of allylic oxidation sites excluding steroid dienone is 3. The van der Waals surface area contributed by atoms with Crippen LogP contribution in [-0.4, -0.2) is 23.8 Å². The first-order chi connectivity index (χ1) is 20.1. The van der Waals surface area contributed by atoms with Crippen molar-refractivity contribution < 1.29 is 36.9 Å². The molecule has 1 fully saturated rings. The molecule has 1 unspecified atom stereocenters. The van der Waals surface area contributed by atoms with Crippen LogP contribution >= 0.6 is 0 Å². The number of carbonyl (C=O) groups is 1. The van der Waals surface area contributed by atoms with Crippen molar-refractivity contribution in [1.82, 2.24) is 0 Å². The number of rotatable bonds is 13. The van der Waals surface area contributed by atoms with Crippen LogP contribution in [-0.2, 0) is 4.79 Å². The maximum absolute atomic E-state index is 15.2. The van der Waals surface area contributed by atoms with Crippen molar-refractivity contribution in [2.75, 3.05) is 6.61 Å². The first-order valence-corrected chi connectivity index (χ1v) is 14.3. The molecule has 0 heterocycles. The van der Waals surface area contributed by atoms with Gasteiger partial charge in [0.15, 0.2) is 23.1 Å². The van der Waals surface area contributed by atoms with Gasteiger partial charge < -0.3 is 14.6 Å². The summed E-state index contributed by atoms with van der Waals surface area (Å²) in [6.45, 7) is 10.9. The molecule has 42 heavy (non-hydrogen) atoms. The van der Waals surface area contributed by atoms with Gasteiger partial charge in [0.05, 0.1) is 18.3 Å². The Kier molecular flexibility index (Phi) is 12.2. The zero-order chi connectivity index (χ0) is 30.8. The SMILES string of the molecule is C=CCCOc1ccc(OC(=O)C(=C)/C=C\C(=C/C)c2ccc(C3CCC(C(O)CCC)CC3)c(F)c2F)c(F)c1F. The van der Waals surface area contributed by atoms with Crippen LogP contribution in [0.4, 0.5) is 17.6 Å². The van der Waals surface area contributed by atoms with Crippen LogP contribution in [0, 0.1) is 29.2 Å². The highest BCUT2D eigenvalue weighted by Gasteiger charge is 2.29. The van der Waals surface area contributed by atoms with E-state index in [0.29, 0.717) is 24.8 Å². The number of carbonyl (C=O) groups excluding carboxylic acids is 1. The van der Waals surface area contributed by atoms with Crippen molar-refractivity contribution in [3.05, 3.63) is 102 Å². The van der Waals surface area contributed by atoms with Crippen LogP contribution in [0.15, 0.2) is 67.3 Å². The molecule has 0 saturated heterocycles. The number of hydrogen-bond donors (Lipinski definition) is 1. The summed E-state index contributed by atoms with van der Waals surface area (Å²) in [5, 5.41) is 10.3. The van der Waals surface area contributed by atoms with E-state index in [1.54, 1.807) is 25.1 Å². The molecular weight excluding hydrogens is 548 g/mol. The summed E-state index contributed by atoms with van der Waals surface area (Å²) in [4.78, 5) is 12.5. The molecule has 2 aromatic carbocycles. The largest absolute Gasteiger partial charge is 0.490 e. The lowest BCUT2D eigenvalue weighted by molar-refractivity contribution is -0.130. The van der Waals surface area contributed by atoms with Crippen molar-refractivity contribution in [3.63, 3.8) is 0 Å². The van der Waals surface area contributed by atoms with Crippen LogP contribution in [0.1, 0.15) is 75.8 Å². The van der Waals surface area contributed by atoms with E-state index in [4.69, 9.17) is 9.47 Å². The Morgan fingerprint density at radius 3 is 2.31 bits per heavy atom. The summed E-state index contributed by atoms with van der Waals surface area (Å²) in [6.07, 6.45) is 10.3. The highest BCUT2D eigenvalue weighted by atomic mass is 19.2. The molecule has 0 bridgehead atoms. The number of hydrogen-bond acceptors (Lipinski definition) is 4. The Balaban J connectivity index is 1.67. The van der Waals surface area contributed by atoms with E-state index in [-0.39, 0.29) is 47.0 Å². The Bertz CT molecular complexity index is 1340. The monoisotopic (exact) mass is 586 g/mol. The molecule has 0 aromatic heterocycles. The Labute approximate surface area is 245 Å². The predicted molar refractivity (Wildman–Crippen MR) is 156 cm³/mol. The summed E-state index contributed by atoms with van der Waals surface area (Å²) in [5.74, 6) is -6.58. The van der Waals surface area contributed by atoms with Gasteiger partial charge in [0.1, 0.15) is 0 Å². The minimum Gasteiger partial charge on any atom is -0.490 e. The summed E-state index contributed by atoms with van der Waals surface area (Å²) in [6, 6.07) is 5.30. The molecule has 0 radical (unpaired) electrons. The highest BCUT2D eigenvalue weighted by molar-refractivity contribution is 5.93. The maximum Gasteiger partial charge on any atom is 0.343 e. The predicted octanol–water partition coefficient (Wildman–Crippen LogP) is 8.75. The van der Waals surface area contributed by atoms with Crippen LogP contribution in [0.3, 0.4) is 0 Å². The van der Waals surface area contributed by atoms with Crippen molar-refractivity contribution in [2.45, 2.75) is 70.8 Å². The number of aliphatic hydroxyl groups excluding tert-OH is 1. The van der Waals surface area contributed by atoms with Gasteiger partial charge >= 0.3 is 5.97 Å². The van der Waals surface area contributed by atoms with E-state index in [1.807, 2.05) is 6.92 Å². The third-order valence-corrected chi connectivity index (χ3v) is 7.59. The standard InChI is InChI=1S/C34H38F4O4/c1-5-8-20-41-28-18-19-29(33(38)32(28)37)42-34(40)21(4)10-11-22(7-3)25-16-17-26(31(36)30(25)35)23-12-14-24(15-13-23)27(39)9-6-2/h5,7,10-11,16-19,23-24,27,39H,1,4,6,8-9,12-15,20H2,2-3H3/b11-10-,22-7+. The lowest BCUT2D eigenvalue weighted by Crippen LogP contribution is -2.25. The van der Waals surface area contributed by atoms with E-state index >= 15 is 8.78 Å². The zero-order valence-electron chi connectivity index (χ0n) is 24.1. The van der Waals surface area contributed by atoms with E-state index in [2.05, 4.69) is 13.2 Å². The fourth-order valence-corrected chi connectivity index (χ4v) is 5.17. The molecule has 1 saturated carbocycles. The molecule has 226 valence electrons. The van der Waals surface area contributed by atoms with Crippen LogP contribution in [0.2, 0.25) is 0 Å². The Hall–Kier alpha value is -3.65. The average Bonchev–Trinajstić information content (AvgIpc) is 2.99. The van der Waals surface area contributed by atoms with Crippen LogP contribution < -0.4 is 9.47 Å². The molecule has 0 aliphatic heterocycles. The number of halogens is 4. The number of ether oxygens (including phenoxy) is 2. The van der Waals surface area contributed by atoms with Crippen LogP contribution in [0.5, 0.6) is 11.5 Å². The van der Waals surface area contributed by atoms with Gasteiger partial charge in [-0.15, -0.1) is 6.58 Å². The van der Waals surface area contributed by atoms with Gasteiger partial charge in [0, 0.05) is 5.56 Å². The van der Waals surface area contributed by atoms with Gasteiger partial charge in [0.2, 0.25) is 11.6 Å². The molecule has 1 aliphatic rings. The average molecular weight is 587 g/mol. The lowest BCUT2D eigenvalue weighted by Gasteiger charge is -2.32. The summed E-state index contributed by atoms with van der Waals surface area (Å²) < 4.78 is 69.3. The fourth-order valence-electron chi connectivity index (χ4n) is 5.17. The van der Waals surface area contributed by atoms with Crippen LogP contribution in [0.25, 0.3) is 5.57 Å². The smallest absolute Gasteiger partial charge is 0.343 e. The summed E-state index contributed by atoms with van der Waals surface area (Å²) in [5.41, 5.74) is 0.387. The van der Waals surface area contributed by atoms with Gasteiger partial charge in [-0.25, -0.2) is 13.6 Å². The second kappa shape index (κ2) is 15.5. The highest BCUT2D eigenvalue weighted by Crippen LogP contribution is 2.40. The lowest BCUT2D eigenvalue weighted by atomic mass is 9.75. The molecule has 0 spiro atoms. The third-order valence-electron chi connectivity index (χ3n) is 7.59. The van der Waals surface area contributed by atoms with Gasteiger partial charge in [-0.05, 0) is 86.6 Å². The normalized spacial score (nSPS) is 18.1. The fraction of sp³-hybridized carbons (Fsp3) is 0.382. The van der Waals surface area contributed by atoms with Gasteiger partial charge in [-0.1, -0.05) is 50.3 Å². The second-order valence-electron chi connectivity index (χ2n) is 10.4. The summed E-state index contributed by atoms with van der Waals surface area (Å²) in [7, 11) is 0. The Morgan fingerprint density at radius 1 is 1.00 bits per heavy atom. The van der Waals surface area contributed by atoms with E-state index in [0.717, 1.165) is 37.8 Å². The maximum atomic E-state index is 15.2. The number of esters is 1.